The first-order valence-corrected chi connectivity index (χ1v) is 6.04. The Balaban J connectivity index is 2.80. The fraction of sp³-hybridized carbons (Fsp3) is 0.500. The molecular weight excluding hydrogens is 230 g/mol. The van der Waals surface area contributed by atoms with E-state index in [1.807, 2.05) is 24.9 Å². The average Bonchev–Trinajstić information content (AvgIpc) is 2.31. The Labute approximate surface area is 108 Å². The second-order valence-corrected chi connectivity index (χ2v) is 4.53. The Morgan fingerprint density at radius 1 is 1.33 bits per heavy atom. The minimum Gasteiger partial charge on any atom is -0.495 e. The maximum atomic E-state index is 10.5. The average molecular weight is 251 g/mol. The van der Waals surface area contributed by atoms with Crippen LogP contribution in [0.5, 0.6) is 5.75 Å². The molecule has 0 aromatic heterocycles. The van der Waals surface area contributed by atoms with Crippen LogP contribution in [-0.4, -0.2) is 31.8 Å². The molecule has 0 atom stereocenters. The van der Waals surface area contributed by atoms with Gasteiger partial charge in [0.2, 0.25) is 0 Å². The highest BCUT2D eigenvalue weighted by Crippen LogP contribution is 2.30. The second kappa shape index (κ2) is 6.28. The van der Waals surface area contributed by atoms with Crippen LogP contribution in [0.15, 0.2) is 12.1 Å². The number of anilines is 1. The molecule has 1 aromatic carbocycles. The van der Waals surface area contributed by atoms with Gasteiger partial charge in [0, 0.05) is 20.0 Å². The fourth-order valence-corrected chi connectivity index (χ4v) is 1.82. The van der Waals surface area contributed by atoms with Crippen molar-refractivity contribution in [3.63, 3.8) is 0 Å². The van der Waals surface area contributed by atoms with Crippen LogP contribution in [-0.2, 0) is 4.79 Å². The molecule has 0 bridgehead atoms. The number of aryl methyl sites for hydroxylation is 2. The molecule has 0 aliphatic carbocycles. The predicted molar refractivity (Wildman–Crippen MR) is 72.6 cm³/mol. The first-order valence-electron chi connectivity index (χ1n) is 6.04. The van der Waals surface area contributed by atoms with Crippen molar-refractivity contribution < 1.29 is 14.6 Å². The number of aliphatic carboxylic acids is 1. The zero-order valence-corrected chi connectivity index (χ0v) is 11.5. The van der Waals surface area contributed by atoms with Crippen LogP contribution in [0.4, 0.5) is 5.69 Å². The molecule has 1 N–H and O–H groups in total. The van der Waals surface area contributed by atoms with Crippen LogP contribution in [0.25, 0.3) is 0 Å². The van der Waals surface area contributed by atoms with Gasteiger partial charge in [-0.3, -0.25) is 4.79 Å². The maximum Gasteiger partial charge on any atom is 0.303 e. The van der Waals surface area contributed by atoms with Crippen LogP contribution >= 0.6 is 0 Å². The number of carboxylic acid groups (broad SMARTS) is 1. The van der Waals surface area contributed by atoms with Crippen LogP contribution in [0, 0.1) is 13.8 Å². The fourth-order valence-electron chi connectivity index (χ4n) is 1.82. The summed E-state index contributed by atoms with van der Waals surface area (Å²) < 4.78 is 5.37. The summed E-state index contributed by atoms with van der Waals surface area (Å²) in [5.74, 6) is 0.0753. The van der Waals surface area contributed by atoms with Gasteiger partial charge in [0.25, 0.3) is 0 Å². The van der Waals surface area contributed by atoms with Crippen LogP contribution in [0.3, 0.4) is 0 Å². The molecule has 0 amide bonds. The summed E-state index contributed by atoms with van der Waals surface area (Å²) in [6, 6.07) is 4.09. The highest BCUT2D eigenvalue weighted by molar-refractivity contribution is 5.67. The van der Waals surface area contributed by atoms with Crippen molar-refractivity contribution >= 4 is 11.7 Å². The summed E-state index contributed by atoms with van der Waals surface area (Å²) in [7, 11) is 3.60. The smallest absolute Gasteiger partial charge is 0.303 e. The van der Waals surface area contributed by atoms with E-state index in [1.54, 1.807) is 7.11 Å². The summed E-state index contributed by atoms with van der Waals surface area (Å²) >= 11 is 0. The largest absolute Gasteiger partial charge is 0.495 e. The molecule has 0 saturated heterocycles. The van der Waals surface area contributed by atoms with Crippen molar-refractivity contribution in [3.05, 3.63) is 23.3 Å². The van der Waals surface area contributed by atoms with E-state index in [-0.39, 0.29) is 6.42 Å². The number of hydrogen-bond acceptors (Lipinski definition) is 3. The molecule has 0 heterocycles. The van der Waals surface area contributed by atoms with Gasteiger partial charge in [-0.15, -0.1) is 0 Å². The number of rotatable bonds is 6. The predicted octanol–water partition coefficient (Wildman–Crippen LogP) is 2.61. The van der Waals surface area contributed by atoms with Gasteiger partial charge in [-0.05, 0) is 43.5 Å². The summed E-state index contributed by atoms with van der Waals surface area (Å²) in [5, 5.41) is 8.63. The van der Waals surface area contributed by atoms with Gasteiger partial charge in [-0.2, -0.15) is 0 Å². The molecule has 0 aliphatic heterocycles. The number of carboxylic acids is 1. The van der Waals surface area contributed by atoms with Crippen molar-refractivity contribution in [2.75, 3.05) is 25.6 Å². The molecule has 1 aromatic rings. The minimum atomic E-state index is -0.754. The Kier molecular flexibility index (Phi) is 5.01. The number of benzene rings is 1. The Hall–Kier alpha value is -1.71. The van der Waals surface area contributed by atoms with Crippen molar-refractivity contribution in [1.29, 1.82) is 0 Å². The molecule has 0 radical (unpaired) electrons. The van der Waals surface area contributed by atoms with Crippen molar-refractivity contribution in [1.82, 2.24) is 0 Å². The summed E-state index contributed by atoms with van der Waals surface area (Å²) in [6.45, 7) is 4.81. The SMILES string of the molecule is COc1cc(C)c(C)cc1N(C)CCCC(=O)O. The van der Waals surface area contributed by atoms with Gasteiger partial charge >= 0.3 is 5.97 Å². The van der Waals surface area contributed by atoms with E-state index in [9.17, 15) is 4.79 Å². The third-order valence-electron chi connectivity index (χ3n) is 3.09. The van der Waals surface area contributed by atoms with E-state index in [0.29, 0.717) is 13.0 Å². The van der Waals surface area contributed by atoms with Gasteiger partial charge in [-0.1, -0.05) is 0 Å². The lowest BCUT2D eigenvalue weighted by atomic mass is 10.1. The van der Waals surface area contributed by atoms with Crippen molar-refractivity contribution in [2.45, 2.75) is 26.7 Å². The van der Waals surface area contributed by atoms with E-state index in [0.717, 1.165) is 11.4 Å². The Morgan fingerprint density at radius 3 is 2.50 bits per heavy atom. The third-order valence-corrected chi connectivity index (χ3v) is 3.09. The van der Waals surface area contributed by atoms with Gasteiger partial charge in [-0.25, -0.2) is 0 Å². The molecule has 100 valence electrons. The first-order chi connectivity index (χ1) is 8.45. The molecule has 18 heavy (non-hydrogen) atoms. The van der Waals surface area contributed by atoms with Gasteiger partial charge in [0.1, 0.15) is 5.75 Å². The molecule has 0 unspecified atom stereocenters. The Bertz CT molecular complexity index is 429. The zero-order valence-electron chi connectivity index (χ0n) is 11.5. The van der Waals surface area contributed by atoms with Crippen LogP contribution < -0.4 is 9.64 Å². The lowest BCUT2D eigenvalue weighted by Crippen LogP contribution is -2.20. The molecule has 4 heteroatoms. The minimum absolute atomic E-state index is 0.192. The summed E-state index contributed by atoms with van der Waals surface area (Å²) in [6.07, 6.45) is 0.819. The molecule has 0 spiro atoms. The first kappa shape index (κ1) is 14.4. The second-order valence-electron chi connectivity index (χ2n) is 4.53. The maximum absolute atomic E-state index is 10.5. The molecule has 4 nitrogen and oxygen atoms in total. The lowest BCUT2D eigenvalue weighted by molar-refractivity contribution is -0.137. The molecule has 0 fully saturated rings. The lowest BCUT2D eigenvalue weighted by Gasteiger charge is -2.22. The number of nitrogens with zero attached hydrogens (tertiary/aromatic N) is 1. The van der Waals surface area contributed by atoms with E-state index < -0.39 is 5.97 Å². The monoisotopic (exact) mass is 251 g/mol. The topological polar surface area (TPSA) is 49.8 Å². The number of hydrogen-bond donors (Lipinski definition) is 1. The Morgan fingerprint density at radius 2 is 1.94 bits per heavy atom. The highest BCUT2D eigenvalue weighted by atomic mass is 16.5. The normalized spacial score (nSPS) is 10.2. The van der Waals surface area contributed by atoms with E-state index >= 15 is 0 Å². The van der Waals surface area contributed by atoms with Crippen LogP contribution in [0.1, 0.15) is 24.0 Å². The van der Waals surface area contributed by atoms with Crippen LogP contribution in [0.2, 0.25) is 0 Å². The molecule has 0 saturated carbocycles. The zero-order chi connectivity index (χ0) is 13.7. The third kappa shape index (κ3) is 3.65. The van der Waals surface area contributed by atoms with E-state index in [4.69, 9.17) is 9.84 Å². The highest BCUT2D eigenvalue weighted by Gasteiger charge is 2.10. The van der Waals surface area contributed by atoms with Gasteiger partial charge in [0.05, 0.1) is 12.8 Å². The molecular formula is C14H21NO3. The number of ether oxygens (including phenoxy) is 1. The quantitative estimate of drug-likeness (QED) is 0.844. The van der Waals surface area contributed by atoms with Gasteiger partial charge < -0.3 is 14.7 Å². The van der Waals surface area contributed by atoms with Gasteiger partial charge in [0.15, 0.2) is 0 Å². The number of methoxy groups -OCH3 is 1. The van der Waals surface area contributed by atoms with Crippen molar-refractivity contribution in [3.8, 4) is 5.75 Å². The summed E-state index contributed by atoms with van der Waals surface area (Å²) in [4.78, 5) is 12.5. The standard InChI is InChI=1S/C14H21NO3/c1-10-8-12(13(18-4)9-11(10)2)15(3)7-5-6-14(16)17/h8-9H,5-7H2,1-4H3,(H,16,17). The van der Waals surface area contributed by atoms with E-state index in [1.165, 1.54) is 11.1 Å². The molecule has 1 rings (SSSR count). The van der Waals surface area contributed by atoms with E-state index in [2.05, 4.69) is 13.0 Å². The van der Waals surface area contributed by atoms with Crippen molar-refractivity contribution in [2.24, 2.45) is 0 Å². The molecule has 0 aliphatic rings. The number of carbonyl (C=O) groups is 1. The summed E-state index contributed by atoms with van der Waals surface area (Å²) in [5.41, 5.74) is 3.40.